The van der Waals surface area contributed by atoms with E-state index in [-0.39, 0.29) is 10.9 Å². The zero-order valence-electron chi connectivity index (χ0n) is 8.10. The van der Waals surface area contributed by atoms with Crippen LogP contribution in [0.25, 0.3) is 0 Å². The Labute approximate surface area is 90.0 Å². The van der Waals surface area contributed by atoms with Gasteiger partial charge in [-0.25, -0.2) is 4.98 Å². The fourth-order valence-electron chi connectivity index (χ4n) is 0.842. The van der Waals surface area contributed by atoms with Gasteiger partial charge in [0.25, 0.3) is 0 Å². The van der Waals surface area contributed by atoms with Crippen molar-refractivity contribution in [2.24, 2.45) is 0 Å². The van der Waals surface area contributed by atoms with E-state index in [0.29, 0.717) is 0 Å². The van der Waals surface area contributed by atoms with Crippen LogP contribution < -0.4 is 4.74 Å². The van der Waals surface area contributed by atoms with Crippen LogP contribution in [0.4, 0.5) is 13.2 Å². The molecule has 0 aliphatic rings. The number of hydrogen-bond donors (Lipinski definition) is 0. The SMILES string of the molecule is Cc1cnc(O[C@@H](C)C(F)(F)F)c(Cl)c1. The summed E-state index contributed by atoms with van der Waals surface area (Å²) in [4.78, 5) is 3.68. The second-order valence-corrected chi connectivity index (χ2v) is 3.51. The van der Waals surface area contributed by atoms with E-state index in [9.17, 15) is 13.2 Å². The van der Waals surface area contributed by atoms with Crippen molar-refractivity contribution in [2.75, 3.05) is 0 Å². The highest BCUT2D eigenvalue weighted by molar-refractivity contribution is 6.31. The van der Waals surface area contributed by atoms with Crippen molar-refractivity contribution in [3.8, 4) is 5.88 Å². The van der Waals surface area contributed by atoms with Gasteiger partial charge in [-0.15, -0.1) is 0 Å². The van der Waals surface area contributed by atoms with Crippen LogP contribution >= 0.6 is 11.6 Å². The number of aryl methyl sites for hydroxylation is 1. The first kappa shape index (κ1) is 12.1. The van der Waals surface area contributed by atoms with E-state index in [1.54, 1.807) is 6.92 Å². The van der Waals surface area contributed by atoms with Gasteiger partial charge in [-0.2, -0.15) is 13.2 Å². The molecule has 0 radical (unpaired) electrons. The Hall–Kier alpha value is -0.970. The molecule has 0 aliphatic carbocycles. The lowest BCUT2D eigenvalue weighted by molar-refractivity contribution is -0.189. The van der Waals surface area contributed by atoms with Crippen molar-refractivity contribution in [3.05, 3.63) is 22.8 Å². The summed E-state index contributed by atoms with van der Waals surface area (Å²) in [5.41, 5.74) is 0.756. The van der Waals surface area contributed by atoms with E-state index in [1.165, 1.54) is 12.3 Å². The van der Waals surface area contributed by atoms with Gasteiger partial charge in [0.05, 0.1) is 0 Å². The topological polar surface area (TPSA) is 22.1 Å². The molecule has 0 amide bonds. The molecule has 1 rings (SSSR count). The molecule has 0 saturated carbocycles. The van der Waals surface area contributed by atoms with Gasteiger partial charge in [-0.3, -0.25) is 0 Å². The van der Waals surface area contributed by atoms with Crippen molar-refractivity contribution >= 4 is 11.6 Å². The summed E-state index contributed by atoms with van der Waals surface area (Å²) in [5, 5.41) is 0.0751. The number of alkyl halides is 3. The molecule has 0 fully saturated rings. The van der Waals surface area contributed by atoms with Crippen LogP contribution in [0, 0.1) is 6.92 Å². The number of aromatic nitrogens is 1. The molecule has 0 spiro atoms. The molecule has 0 aromatic carbocycles. The van der Waals surface area contributed by atoms with Crippen LogP contribution in [0.2, 0.25) is 5.02 Å². The number of rotatable bonds is 2. The quantitative estimate of drug-likeness (QED) is 0.789. The van der Waals surface area contributed by atoms with Crippen LogP contribution in [-0.2, 0) is 0 Å². The molecule has 6 heteroatoms. The molecule has 1 aromatic heterocycles. The Balaban J connectivity index is 2.82. The highest BCUT2D eigenvalue weighted by Crippen LogP contribution is 2.28. The molecular formula is C9H9ClF3NO. The van der Waals surface area contributed by atoms with Gasteiger partial charge in [0.1, 0.15) is 5.02 Å². The Morgan fingerprint density at radius 1 is 1.47 bits per heavy atom. The maximum absolute atomic E-state index is 12.1. The number of halogens is 4. The number of pyridine rings is 1. The highest BCUT2D eigenvalue weighted by atomic mass is 35.5. The number of ether oxygens (including phenoxy) is 1. The minimum absolute atomic E-state index is 0.0751. The van der Waals surface area contributed by atoms with Crippen molar-refractivity contribution in [1.29, 1.82) is 0 Å². The third-order valence-corrected chi connectivity index (χ3v) is 1.96. The summed E-state index contributed by atoms with van der Waals surface area (Å²) in [6, 6.07) is 1.49. The zero-order valence-corrected chi connectivity index (χ0v) is 8.86. The lowest BCUT2D eigenvalue weighted by atomic mass is 10.3. The lowest BCUT2D eigenvalue weighted by Gasteiger charge is -2.17. The maximum Gasteiger partial charge on any atom is 0.425 e. The van der Waals surface area contributed by atoms with E-state index in [0.717, 1.165) is 12.5 Å². The minimum Gasteiger partial charge on any atom is -0.464 e. The van der Waals surface area contributed by atoms with Gasteiger partial charge in [-0.05, 0) is 25.5 Å². The summed E-state index contributed by atoms with van der Waals surface area (Å²) in [7, 11) is 0. The smallest absolute Gasteiger partial charge is 0.425 e. The van der Waals surface area contributed by atoms with Crippen LogP contribution in [0.1, 0.15) is 12.5 Å². The second kappa shape index (κ2) is 4.26. The van der Waals surface area contributed by atoms with Crippen LogP contribution in [0.5, 0.6) is 5.88 Å². The molecule has 0 saturated heterocycles. The van der Waals surface area contributed by atoms with Crippen LogP contribution in [0.15, 0.2) is 12.3 Å². The van der Waals surface area contributed by atoms with Gasteiger partial charge in [0, 0.05) is 6.20 Å². The van der Waals surface area contributed by atoms with Crippen molar-refractivity contribution in [1.82, 2.24) is 4.98 Å². The monoisotopic (exact) mass is 239 g/mol. The fraction of sp³-hybridized carbons (Fsp3) is 0.444. The van der Waals surface area contributed by atoms with Crippen molar-refractivity contribution < 1.29 is 17.9 Å². The predicted molar refractivity (Wildman–Crippen MR) is 50.1 cm³/mol. The van der Waals surface area contributed by atoms with Gasteiger partial charge >= 0.3 is 6.18 Å². The summed E-state index contributed by atoms with van der Waals surface area (Å²) in [6.07, 6.45) is -4.95. The summed E-state index contributed by atoms with van der Waals surface area (Å²) >= 11 is 5.67. The average Bonchev–Trinajstić information content (AvgIpc) is 2.08. The summed E-state index contributed by atoms with van der Waals surface area (Å²) in [6.45, 7) is 2.63. The first-order chi connectivity index (χ1) is 6.80. The van der Waals surface area contributed by atoms with Crippen molar-refractivity contribution in [2.45, 2.75) is 26.1 Å². The molecule has 1 heterocycles. The molecule has 84 valence electrons. The van der Waals surface area contributed by atoms with E-state index >= 15 is 0 Å². The number of nitrogens with zero attached hydrogens (tertiary/aromatic N) is 1. The molecule has 2 nitrogen and oxygen atoms in total. The minimum atomic E-state index is -4.42. The Morgan fingerprint density at radius 3 is 2.53 bits per heavy atom. The Bertz CT molecular complexity index is 354. The first-order valence-corrected chi connectivity index (χ1v) is 4.54. The largest absolute Gasteiger partial charge is 0.464 e. The molecule has 0 aliphatic heterocycles. The second-order valence-electron chi connectivity index (χ2n) is 3.10. The van der Waals surface area contributed by atoms with Gasteiger partial charge in [0.2, 0.25) is 5.88 Å². The third-order valence-electron chi connectivity index (χ3n) is 1.69. The van der Waals surface area contributed by atoms with E-state index in [1.807, 2.05) is 0 Å². The van der Waals surface area contributed by atoms with Gasteiger partial charge < -0.3 is 4.74 Å². The molecule has 0 N–H and O–H groups in total. The maximum atomic E-state index is 12.1. The normalized spacial score (nSPS) is 13.7. The molecule has 0 bridgehead atoms. The van der Waals surface area contributed by atoms with Crippen LogP contribution in [-0.4, -0.2) is 17.3 Å². The zero-order chi connectivity index (χ0) is 11.6. The molecule has 0 unspecified atom stereocenters. The molecule has 1 aromatic rings. The fourth-order valence-corrected chi connectivity index (χ4v) is 1.11. The highest BCUT2D eigenvalue weighted by Gasteiger charge is 2.38. The van der Waals surface area contributed by atoms with Gasteiger partial charge in [0.15, 0.2) is 6.10 Å². The van der Waals surface area contributed by atoms with Gasteiger partial charge in [-0.1, -0.05) is 11.6 Å². The average molecular weight is 240 g/mol. The van der Waals surface area contributed by atoms with Crippen molar-refractivity contribution in [3.63, 3.8) is 0 Å². The number of hydrogen-bond acceptors (Lipinski definition) is 2. The first-order valence-electron chi connectivity index (χ1n) is 4.16. The molecule has 15 heavy (non-hydrogen) atoms. The Morgan fingerprint density at radius 2 is 2.07 bits per heavy atom. The summed E-state index contributed by atoms with van der Waals surface area (Å²) in [5.74, 6) is -0.202. The predicted octanol–water partition coefficient (Wildman–Crippen LogP) is 3.37. The lowest BCUT2D eigenvalue weighted by Crippen LogP contribution is -2.31. The van der Waals surface area contributed by atoms with Crippen LogP contribution in [0.3, 0.4) is 0 Å². The van der Waals surface area contributed by atoms with E-state index < -0.39 is 12.3 Å². The van der Waals surface area contributed by atoms with E-state index in [2.05, 4.69) is 9.72 Å². The molecule has 1 atom stereocenters. The summed E-state index contributed by atoms with van der Waals surface area (Å²) < 4.78 is 41.0. The Kier molecular flexibility index (Phi) is 3.44. The van der Waals surface area contributed by atoms with E-state index in [4.69, 9.17) is 11.6 Å². The molecular weight excluding hydrogens is 231 g/mol. The third kappa shape index (κ3) is 3.27. The standard InChI is InChI=1S/C9H9ClF3NO/c1-5-3-7(10)8(14-4-5)15-6(2)9(11,12)13/h3-4,6H,1-2H3/t6-/m0/s1.